The SMILES string of the molecule is C#CCNC(C)c1ccc(C)cc1. The highest BCUT2D eigenvalue weighted by Crippen LogP contribution is 2.12. The maximum atomic E-state index is 5.17. The molecule has 0 saturated carbocycles. The molecule has 1 atom stereocenters. The number of nitrogens with one attached hydrogen (secondary N) is 1. The summed E-state index contributed by atoms with van der Waals surface area (Å²) < 4.78 is 0. The van der Waals surface area contributed by atoms with Crippen LogP contribution in [0.15, 0.2) is 24.3 Å². The largest absolute Gasteiger partial charge is 0.300 e. The van der Waals surface area contributed by atoms with Crippen molar-refractivity contribution >= 4 is 0 Å². The van der Waals surface area contributed by atoms with E-state index in [4.69, 9.17) is 6.42 Å². The highest BCUT2D eigenvalue weighted by molar-refractivity contribution is 5.23. The Labute approximate surface area is 80.2 Å². The summed E-state index contributed by atoms with van der Waals surface area (Å²) in [6, 6.07) is 8.82. The third kappa shape index (κ3) is 2.93. The molecule has 0 aromatic heterocycles. The Morgan fingerprint density at radius 1 is 1.38 bits per heavy atom. The van der Waals surface area contributed by atoms with Gasteiger partial charge in [0.25, 0.3) is 0 Å². The van der Waals surface area contributed by atoms with E-state index < -0.39 is 0 Å². The summed E-state index contributed by atoms with van der Waals surface area (Å²) in [5, 5.41) is 3.23. The molecule has 0 aliphatic rings. The van der Waals surface area contributed by atoms with Crippen molar-refractivity contribution in [1.29, 1.82) is 0 Å². The standard InChI is InChI=1S/C12H15N/c1-4-9-13-11(3)12-7-5-10(2)6-8-12/h1,5-8,11,13H,9H2,2-3H3. The fourth-order valence-electron chi connectivity index (χ4n) is 1.18. The second-order valence-corrected chi connectivity index (χ2v) is 3.22. The lowest BCUT2D eigenvalue weighted by atomic mass is 10.1. The molecule has 0 fully saturated rings. The van der Waals surface area contributed by atoms with Gasteiger partial charge in [-0.3, -0.25) is 5.32 Å². The quantitative estimate of drug-likeness (QED) is 0.691. The first-order valence-corrected chi connectivity index (χ1v) is 4.47. The Hall–Kier alpha value is -1.26. The average Bonchev–Trinajstić information content (AvgIpc) is 2.15. The van der Waals surface area contributed by atoms with E-state index in [-0.39, 0.29) is 0 Å². The first-order chi connectivity index (χ1) is 6.24. The minimum Gasteiger partial charge on any atom is -0.300 e. The van der Waals surface area contributed by atoms with Gasteiger partial charge in [0, 0.05) is 6.04 Å². The van der Waals surface area contributed by atoms with E-state index in [1.165, 1.54) is 11.1 Å². The molecule has 0 aliphatic heterocycles. The molecule has 1 aromatic rings. The molecule has 1 N–H and O–H groups in total. The molecule has 0 radical (unpaired) electrons. The Kier molecular flexibility index (Phi) is 3.54. The molecule has 1 rings (SSSR count). The van der Waals surface area contributed by atoms with Crippen LogP contribution in [-0.4, -0.2) is 6.54 Å². The molecule has 0 heterocycles. The topological polar surface area (TPSA) is 12.0 Å². The van der Waals surface area contributed by atoms with Crippen LogP contribution in [0.3, 0.4) is 0 Å². The van der Waals surface area contributed by atoms with E-state index in [0.29, 0.717) is 12.6 Å². The number of benzene rings is 1. The monoisotopic (exact) mass is 173 g/mol. The average molecular weight is 173 g/mol. The van der Waals surface area contributed by atoms with Gasteiger partial charge in [0.05, 0.1) is 6.54 Å². The maximum absolute atomic E-state index is 5.17. The zero-order valence-electron chi connectivity index (χ0n) is 8.17. The predicted molar refractivity (Wildman–Crippen MR) is 56.4 cm³/mol. The number of rotatable bonds is 3. The van der Waals surface area contributed by atoms with Gasteiger partial charge in [0.2, 0.25) is 0 Å². The van der Waals surface area contributed by atoms with Crippen molar-refractivity contribution in [3.05, 3.63) is 35.4 Å². The second-order valence-electron chi connectivity index (χ2n) is 3.22. The van der Waals surface area contributed by atoms with Crippen molar-refractivity contribution in [2.75, 3.05) is 6.54 Å². The Morgan fingerprint density at radius 2 is 2.00 bits per heavy atom. The zero-order valence-corrected chi connectivity index (χ0v) is 8.17. The summed E-state index contributed by atoms with van der Waals surface area (Å²) in [6.45, 7) is 4.82. The van der Waals surface area contributed by atoms with Crippen LogP contribution in [0.25, 0.3) is 0 Å². The van der Waals surface area contributed by atoms with Crippen molar-refractivity contribution < 1.29 is 0 Å². The lowest BCUT2D eigenvalue weighted by Crippen LogP contribution is -2.18. The van der Waals surface area contributed by atoms with E-state index in [0.717, 1.165) is 0 Å². The highest BCUT2D eigenvalue weighted by atomic mass is 14.9. The van der Waals surface area contributed by atoms with Crippen molar-refractivity contribution in [3.8, 4) is 12.3 Å². The maximum Gasteiger partial charge on any atom is 0.0578 e. The summed E-state index contributed by atoms with van der Waals surface area (Å²) in [5.74, 6) is 2.57. The highest BCUT2D eigenvalue weighted by Gasteiger charge is 2.01. The van der Waals surface area contributed by atoms with Crippen molar-refractivity contribution in [3.63, 3.8) is 0 Å². The number of hydrogen-bond acceptors (Lipinski definition) is 1. The molecule has 0 bridgehead atoms. The number of terminal acetylenes is 1. The Bertz CT molecular complexity index is 292. The van der Waals surface area contributed by atoms with Gasteiger partial charge in [-0.15, -0.1) is 6.42 Å². The van der Waals surface area contributed by atoms with Crippen molar-refractivity contribution in [2.45, 2.75) is 19.9 Å². The van der Waals surface area contributed by atoms with Crippen LogP contribution in [0.4, 0.5) is 0 Å². The summed E-state index contributed by atoms with van der Waals surface area (Å²) >= 11 is 0. The molecular formula is C12H15N. The lowest BCUT2D eigenvalue weighted by Gasteiger charge is -2.11. The molecule has 0 aliphatic carbocycles. The van der Waals surface area contributed by atoms with E-state index >= 15 is 0 Å². The summed E-state index contributed by atoms with van der Waals surface area (Å²) in [7, 11) is 0. The minimum atomic E-state index is 0.330. The lowest BCUT2D eigenvalue weighted by molar-refractivity contribution is 0.623. The van der Waals surface area contributed by atoms with Gasteiger partial charge < -0.3 is 0 Å². The first-order valence-electron chi connectivity index (χ1n) is 4.47. The number of hydrogen-bond donors (Lipinski definition) is 1. The van der Waals surface area contributed by atoms with E-state index in [9.17, 15) is 0 Å². The molecule has 0 amide bonds. The summed E-state index contributed by atoms with van der Waals surface area (Å²) in [6.07, 6.45) is 5.17. The van der Waals surface area contributed by atoms with E-state index in [2.05, 4.69) is 49.4 Å². The van der Waals surface area contributed by atoms with E-state index in [1.807, 2.05) is 0 Å². The van der Waals surface area contributed by atoms with Gasteiger partial charge in [-0.05, 0) is 19.4 Å². The Morgan fingerprint density at radius 3 is 2.54 bits per heavy atom. The normalized spacial score (nSPS) is 12.1. The molecule has 68 valence electrons. The minimum absolute atomic E-state index is 0.330. The third-order valence-electron chi connectivity index (χ3n) is 2.09. The van der Waals surface area contributed by atoms with E-state index in [1.54, 1.807) is 0 Å². The van der Waals surface area contributed by atoms with Crippen molar-refractivity contribution in [1.82, 2.24) is 5.32 Å². The van der Waals surface area contributed by atoms with Crippen LogP contribution in [-0.2, 0) is 0 Å². The smallest absolute Gasteiger partial charge is 0.0578 e. The number of aryl methyl sites for hydroxylation is 1. The Balaban J connectivity index is 2.62. The van der Waals surface area contributed by atoms with Crippen LogP contribution < -0.4 is 5.32 Å². The fourth-order valence-corrected chi connectivity index (χ4v) is 1.18. The van der Waals surface area contributed by atoms with Gasteiger partial charge >= 0.3 is 0 Å². The van der Waals surface area contributed by atoms with Crippen LogP contribution in [0.5, 0.6) is 0 Å². The van der Waals surface area contributed by atoms with Crippen molar-refractivity contribution in [2.24, 2.45) is 0 Å². The van der Waals surface area contributed by atoms with Gasteiger partial charge in [-0.2, -0.15) is 0 Å². The molecule has 0 spiro atoms. The van der Waals surface area contributed by atoms with Gasteiger partial charge in [0.15, 0.2) is 0 Å². The van der Waals surface area contributed by atoms with Gasteiger partial charge in [-0.25, -0.2) is 0 Å². The van der Waals surface area contributed by atoms with Gasteiger partial charge in [0.1, 0.15) is 0 Å². The molecule has 1 aromatic carbocycles. The summed E-state index contributed by atoms with van der Waals surface area (Å²) in [4.78, 5) is 0. The first kappa shape index (κ1) is 9.83. The molecule has 1 unspecified atom stereocenters. The molecule has 1 heteroatoms. The third-order valence-corrected chi connectivity index (χ3v) is 2.09. The van der Waals surface area contributed by atoms with Crippen LogP contribution >= 0.6 is 0 Å². The fraction of sp³-hybridized carbons (Fsp3) is 0.333. The zero-order chi connectivity index (χ0) is 9.68. The van der Waals surface area contributed by atoms with Crippen LogP contribution in [0.1, 0.15) is 24.1 Å². The van der Waals surface area contributed by atoms with Crippen LogP contribution in [0.2, 0.25) is 0 Å². The molecule has 1 nitrogen and oxygen atoms in total. The molecule has 0 saturated heterocycles. The second kappa shape index (κ2) is 4.69. The molecular weight excluding hydrogens is 158 g/mol. The van der Waals surface area contributed by atoms with Crippen LogP contribution in [0, 0.1) is 19.3 Å². The van der Waals surface area contributed by atoms with Gasteiger partial charge in [-0.1, -0.05) is 35.7 Å². The summed E-state index contributed by atoms with van der Waals surface area (Å²) in [5.41, 5.74) is 2.56. The molecule has 13 heavy (non-hydrogen) atoms. The predicted octanol–water partition coefficient (Wildman–Crippen LogP) is 2.28.